The summed E-state index contributed by atoms with van der Waals surface area (Å²) < 4.78 is 3.44. The lowest BCUT2D eigenvalue weighted by atomic mass is 10.1. The lowest BCUT2D eigenvalue weighted by molar-refractivity contribution is 0.0662. The maximum absolute atomic E-state index is 12.9. The number of aromatic nitrogens is 6. The minimum Gasteiger partial charge on any atom is -0.478 e. The molecule has 5 heterocycles. The van der Waals surface area contributed by atoms with E-state index in [-0.39, 0.29) is 11.5 Å². The molecule has 0 unspecified atom stereocenters. The molecule has 0 saturated carbocycles. The maximum Gasteiger partial charge on any atom is 0.335 e. The number of likely N-dealkylation sites (N-methyl/N-ethyl adjacent to an activating group) is 1. The van der Waals surface area contributed by atoms with E-state index >= 15 is 0 Å². The fraction of sp³-hybridized carbons (Fsp3) is 0.156. The van der Waals surface area contributed by atoms with Gasteiger partial charge in [0.1, 0.15) is 11.6 Å². The van der Waals surface area contributed by atoms with E-state index in [9.17, 15) is 9.59 Å². The first kappa shape index (κ1) is 42.5. The summed E-state index contributed by atoms with van der Waals surface area (Å²) in [5.74, 6) is 0.626. The van der Waals surface area contributed by atoms with Crippen molar-refractivity contribution in [3.63, 3.8) is 0 Å². The summed E-state index contributed by atoms with van der Waals surface area (Å²) in [4.78, 5) is 37.4. The van der Waals surface area contributed by atoms with Crippen LogP contribution in [0.4, 0.5) is 11.6 Å². The van der Waals surface area contributed by atoms with Gasteiger partial charge in [-0.3, -0.25) is 4.79 Å². The number of benzene rings is 4. The quantitative estimate of drug-likeness (QED) is 0.121. The van der Waals surface area contributed by atoms with Crippen molar-refractivity contribution in [1.82, 2.24) is 39.0 Å². The zero-order valence-corrected chi connectivity index (χ0v) is 36.2. The monoisotopic (exact) mass is 906 g/mol. The first-order valence-electron chi connectivity index (χ1n) is 19.5. The smallest absolute Gasteiger partial charge is 0.335 e. The Labute approximate surface area is 376 Å². The highest BCUT2D eigenvalue weighted by Gasteiger charge is 2.21. The van der Waals surface area contributed by atoms with Crippen LogP contribution in [0.5, 0.6) is 0 Å². The van der Waals surface area contributed by atoms with Crippen molar-refractivity contribution >= 4 is 81.2 Å². The Bertz CT molecular complexity index is 2900. The normalized spacial score (nSPS) is 12.9. The van der Waals surface area contributed by atoms with Crippen LogP contribution in [0.15, 0.2) is 122 Å². The van der Waals surface area contributed by atoms with E-state index in [1.165, 1.54) is 0 Å². The molecular formula is C45H38Cl4N10O3. The Kier molecular flexibility index (Phi) is 12.9. The van der Waals surface area contributed by atoms with E-state index in [2.05, 4.69) is 37.8 Å². The van der Waals surface area contributed by atoms with Gasteiger partial charge in [-0.2, -0.15) is 19.2 Å². The molecule has 314 valence electrons. The maximum atomic E-state index is 12.9. The average Bonchev–Trinajstić information content (AvgIpc) is 3.97. The Hall–Kier alpha value is -6.22. The van der Waals surface area contributed by atoms with Crippen LogP contribution in [0.2, 0.25) is 20.1 Å². The van der Waals surface area contributed by atoms with Crippen LogP contribution < -0.4 is 10.6 Å². The van der Waals surface area contributed by atoms with Gasteiger partial charge in [0.15, 0.2) is 11.3 Å². The summed E-state index contributed by atoms with van der Waals surface area (Å²) in [5.41, 5.74) is 7.36. The van der Waals surface area contributed by atoms with Gasteiger partial charge in [0.05, 0.1) is 29.3 Å². The van der Waals surface area contributed by atoms with Crippen LogP contribution in [0.25, 0.3) is 33.8 Å². The highest BCUT2D eigenvalue weighted by atomic mass is 35.5. The third-order valence-electron chi connectivity index (χ3n) is 10.3. The van der Waals surface area contributed by atoms with E-state index in [1.807, 2.05) is 65.6 Å². The highest BCUT2D eigenvalue weighted by Crippen LogP contribution is 2.28. The first-order chi connectivity index (χ1) is 30.0. The zero-order chi connectivity index (χ0) is 43.3. The van der Waals surface area contributed by atoms with E-state index in [0.717, 1.165) is 71.4 Å². The lowest BCUT2D eigenvalue weighted by Crippen LogP contribution is -2.47. The van der Waals surface area contributed by atoms with Crippen LogP contribution >= 0.6 is 46.4 Å². The second-order valence-corrected chi connectivity index (χ2v) is 16.2. The number of amides is 1. The van der Waals surface area contributed by atoms with E-state index in [1.54, 1.807) is 70.0 Å². The predicted octanol–water partition coefficient (Wildman–Crippen LogP) is 9.72. The number of fused-ring (bicyclic) bond motifs is 2. The van der Waals surface area contributed by atoms with E-state index in [0.29, 0.717) is 50.1 Å². The molecule has 3 N–H and O–H groups in total. The summed E-state index contributed by atoms with van der Waals surface area (Å²) in [6.07, 6.45) is 3.38. The molecule has 0 radical (unpaired) electrons. The second-order valence-electron chi connectivity index (χ2n) is 14.5. The zero-order valence-electron chi connectivity index (χ0n) is 33.1. The second kappa shape index (κ2) is 18.8. The summed E-state index contributed by atoms with van der Waals surface area (Å²) in [5, 5.41) is 26.8. The Morgan fingerprint density at radius 3 is 1.48 bits per heavy atom. The molecule has 4 aromatic carbocycles. The van der Waals surface area contributed by atoms with E-state index in [4.69, 9.17) is 56.5 Å². The predicted molar refractivity (Wildman–Crippen MR) is 245 cm³/mol. The number of carbonyl (C=O) groups is 2. The minimum absolute atomic E-state index is 0.0704. The number of anilines is 2. The number of rotatable bonds is 10. The fourth-order valence-electron chi connectivity index (χ4n) is 6.83. The van der Waals surface area contributed by atoms with Gasteiger partial charge in [-0.15, -0.1) is 0 Å². The van der Waals surface area contributed by atoms with Crippen molar-refractivity contribution in [1.29, 1.82) is 0 Å². The largest absolute Gasteiger partial charge is 0.478 e. The molecule has 0 aliphatic carbocycles. The number of halogens is 4. The number of carboxylic acids is 1. The molecule has 13 nitrogen and oxygen atoms in total. The lowest BCUT2D eigenvalue weighted by Gasteiger charge is -2.32. The number of hydrogen-bond acceptors (Lipinski definition) is 9. The van der Waals surface area contributed by atoms with Crippen LogP contribution in [0.1, 0.15) is 31.8 Å². The van der Waals surface area contributed by atoms with Crippen molar-refractivity contribution in [2.24, 2.45) is 0 Å². The van der Waals surface area contributed by atoms with Gasteiger partial charge in [0.25, 0.3) is 5.91 Å². The standard InChI is InChI=1S/C25H24Cl2N6O.C20H14Cl2N4O2/c1-31-10-12-32(13-11-31)25(34)18-4-2-17(3-5-18)22-15-24(33-23(30-22)8-9-29-33)28-16-19-6-7-20(26)14-21(19)27;21-15-6-5-14(16(22)9-15)11-23-19-10-17(25-18-7-8-24-26(18)19)12-1-3-13(4-2-12)20(27)28/h2-9,14-15,28H,10-13,16H2,1H3;1-10,23H,11H2,(H,27,28). The number of piperazine rings is 1. The van der Waals surface area contributed by atoms with Crippen LogP contribution in [0, 0.1) is 0 Å². The van der Waals surface area contributed by atoms with Crippen molar-refractivity contribution < 1.29 is 14.7 Å². The molecule has 0 spiro atoms. The van der Waals surface area contributed by atoms with Gasteiger partial charge in [0, 0.05) is 100 Å². The van der Waals surface area contributed by atoms with Gasteiger partial charge in [-0.1, -0.05) is 82.8 Å². The summed E-state index contributed by atoms with van der Waals surface area (Å²) in [6.45, 7) is 4.29. The molecule has 9 rings (SSSR count). The Balaban J connectivity index is 0.000000174. The summed E-state index contributed by atoms with van der Waals surface area (Å²) in [7, 11) is 2.08. The SMILES string of the molecule is CN1CCN(C(=O)c2ccc(-c3cc(NCc4ccc(Cl)cc4Cl)n4nccc4n3)cc2)CC1.O=C(O)c1ccc(-c2cc(NCc3ccc(Cl)cc3Cl)n3nccc3n2)cc1. The Morgan fingerprint density at radius 1 is 0.597 bits per heavy atom. The topological polar surface area (TPSA) is 145 Å². The van der Waals surface area contributed by atoms with Gasteiger partial charge in [-0.05, 0) is 66.7 Å². The molecule has 0 atom stereocenters. The molecule has 0 bridgehead atoms. The molecule has 1 saturated heterocycles. The molecule has 62 heavy (non-hydrogen) atoms. The highest BCUT2D eigenvalue weighted by molar-refractivity contribution is 6.35. The fourth-order valence-corrected chi connectivity index (χ4v) is 7.79. The average molecular weight is 909 g/mol. The van der Waals surface area contributed by atoms with Gasteiger partial charge >= 0.3 is 5.97 Å². The van der Waals surface area contributed by atoms with Gasteiger partial charge < -0.3 is 25.5 Å². The third kappa shape index (κ3) is 9.78. The van der Waals surface area contributed by atoms with Crippen molar-refractivity contribution in [2.45, 2.75) is 13.1 Å². The summed E-state index contributed by atoms with van der Waals surface area (Å²) >= 11 is 24.6. The molecule has 17 heteroatoms. The number of carbonyl (C=O) groups excluding carboxylic acids is 1. The molecule has 8 aromatic rings. The number of nitrogens with one attached hydrogen (secondary N) is 2. The molecular weight excluding hydrogens is 870 g/mol. The molecule has 1 aliphatic heterocycles. The van der Waals surface area contributed by atoms with Crippen molar-refractivity contribution in [2.75, 3.05) is 43.9 Å². The molecule has 1 amide bonds. The number of hydrogen-bond donors (Lipinski definition) is 3. The summed E-state index contributed by atoms with van der Waals surface area (Å²) in [6, 6.07) is 32.5. The Morgan fingerprint density at radius 2 is 1.05 bits per heavy atom. The van der Waals surface area contributed by atoms with Crippen LogP contribution in [-0.2, 0) is 13.1 Å². The molecule has 1 aliphatic rings. The van der Waals surface area contributed by atoms with Gasteiger partial charge in [-0.25, -0.2) is 14.8 Å². The van der Waals surface area contributed by atoms with Crippen molar-refractivity contribution in [3.8, 4) is 22.5 Å². The number of aromatic carboxylic acids is 1. The number of carboxylic acid groups (broad SMARTS) is 1. The molecule has 4 aromatic heterocycles. The number of nitrogens with zero attached hydrogens (tertiary/aromatic N) is 8. The minimum atomic E-state index is -0.965. The van der Waals surface area contributed by atoms with Crippen LogP contribution in [0.3, 0.4) is 0 Å². The molecule has 1 fully saturated rings. The van der Waals surface area contributed by atoms with Crippen LogP contribution in [-0.4, -0.2) is 89.2 Å². The van der Waals surface area contributed by atoms with Crippen molar-refractivity contribution in [3.05, 3.63) is 164 Å². The third-order valence-corrected chi connectivity index (χ3v) is 11.5. The van der Waals surface area contributed by atoms with E-state index < -0.39 is 5.97 Å². The first-order valence-corrected chi connectivity index (χ1v) is 21.0. The van der Waals surface area contributed by atoms with Gasteiger partial charge in [0.2, 0.25) is 0 Å².